The SMILES string of the molecule is COc1cc(/C=N\N=C(/N)SC)cc(Br)c1OC(C)C. The van der Waals surface area contributed by atoms with E-state index in [1.165, 1.54) is 11.8 Å². The van der Waals surface area contributed by atoms with Crippen LogP contribution in [0.15, 0.2) is 26.8 Å². The third-order valence-electron chi connectivity index (χ3n) is 2.18. The van der Waals surface area contributed by atoms with Crippen LogP contribution in [-0.4, -0.2) is 30.9 Å². The summed E-state index contributed by atoms with van der Waals surface area (Å²) in [7, 11) is 1.60. The topological polar surface area (TPSA) is 69.2 Å². The highest BCUT2D eigenvalue weighted by molar-refractivity contribution is 9.10. The molecule has 2 N–H and O–H groups in total. The van der Waals surface area contributed by atoms with Gasteiger partial charge in [0.05, 0.1) is 23.9 Å². The molecule has 0 heterocycles. The lowest BCUT2D eigenvalue weighted by molar-refractivity contribution is 0.228. The van der Waals surface area contributed by atoms with Crippen LogP contribution in [0.2, 0.25) is 0 Å². The number of methoxy groups -OCH3 is 1. The Morgan fingerprint density at radius 3 is 2.70 bits per heavy atom. The van der Waals surface area contributed by atoms with Crippen molar-refractivity contribution in [3.8, 4) is 11.5 Å². The van der Waals surface area contributed by atoms with E-state index < -0.39 is 0 Å². The van der Waals surface area contributed by atoms with E-state index in [4.69, 9.17) is 15.2 Å². The largest absolute Gasteiger partial charge is 0.493 e. The molecule has 0 aliphatic rings. The Kier molecular flexibility index (Phi) is 6.87. The van der Waals surface area contributed by atoms with Crippen molar-refractivity contribution in [2.45, 2.75) is 20.0 Å². The number of rotatable bonds is 5. The Morgan fingerprint density at radius 2 is 2.15 bits per heavy atom. The molecule has 0 amide bonds. The van der Waals surface area contributed by atoms with E-state index in [0.29, 0.717) is 16.7 Å². The highest BCUT2D eigenvalue weighted by Gasteiger charge is 2.12. The van der Waals surface area contributed by atoms with Crippen molar-refractivity contribution in [2.75, 3.05) is 13.4 Å². The summed E-state index contributed by atoms with van der Waals surface area (Å²) in [5.74, 6) is 1.31. The molecule has 7 heteroatoms. The van der Waals surface area contributed by atoms with Crippen molar-refractivity contribution in [1.82, 2.24) is 0 Å². The van der Waals surface area contributed by atoms with Crippen LogP contribution in [0.25, 0.3) is 0 Å². The van der Waals surface area contributed by atoms with Gasteiger partial charge < -0.3 is 15.2 Å². The Balaban J connectivity index is 3.04. The summed E-state index contributed by atoms with van der Waals surface area (Å²) in [4.78, 5) is 0. The van der Waals surface area contributed by atoms with Crippen molar-refractivity contribution < 1.29 is 9.47 Å². The maximum absolute atomic E-state index is 5.71. The molecule has 0 aliphatic heterocycles. The number of amidine groups is 1. The van der Waals surface area contributed by atoms with Crippen LogP contribution in [-0.2, 0) is 0 Å². The molecule has 0 aromatic heterocycles. The number of thioether (sulfide) groups is 1. The molecular weight excluding hydrogens is 342 g/mol. The zero-order valence-electron chi connectivity index (χ0n) is 11.9. The first-order valence-electron chi connectivity index (χ1n) is 5.92. The molecule has 1 aromatic carbocycles. The molecule has 0 saturated carbocycles. The van der Waals surface area contributed by atoms with Crippen molar-refractivity contribution in [1.29, 1.82) is 0 Å². The normalized spacial score (nSPS) is 12.2. The van der Waals surface area contributed by atoms with E-state index in [1.807, 2.05) is 32.2 Å². The average molecular weight is 360 g/mol. The molecule has 20 heavy (non-hydrogen) atoms. The minimum atomic E-state index is 0.0608. The summed E-state index contributed by atoms with van der Waals surface area (Å²) in [5, 5.41) is 8.16. The first kappa shape index (κ1) is 16.8. The number of nitrogens with zero attached hydrogens (tertiary/aromatic N) is 2. The van der Waals surface area contributed by atoms with E-state index in [-0.39, 0.29) is 6.10 Å². The highest BCUT2D eigenvalue weighted by atomic mass is 79.9. The maximum Gasteiger partial charge on any atom is 0.180 e. The zero-order valence-corrected chi connectivity index (χ0v) is 14.3. The second-order valence-corrected chi connectivity index (χ2v) is 5.77. The fraction of sp³-hybridized carbons (Fsp3) is 0.385. The molecule has 0 spiro atoms. The van der Waals surface area contributed by atoms with Crippen LogP contribution in [0, 0.1) is 0 Å². The van der Waals surface area contributed by atoms with Crippen LogP contribution in [0.3, 0.4) is 0 Å². The van der Waals surface area contributed by atoms with Gasteiger partial charge in [0.25, 0.3) is 0 Å². The second-order valence-electron chi connectivity index (χ2n) is 4.09. The molecular formula is C13H18BrN3O2S. The molecule has 0 saturated heterocycles. The first-order chi connectivity index (χ1) is 9.47. The molecule has 1 rings (SSSR count). The number of nitrogens with two attached hydrogens (primary N) is 1. The van der Waals surface area contributed by atoms with Gasteiger partial charge in [-0.15, -0.1) is 5.10 Å². The number of hydrogen-bond donors (Lipinski definition) is 1. The van der Waals surface area contributed by atoms with Crippen LogP contribution in [0.4, 0.5) is 0 Å². The molecule has 110 valence electrons. The summed E-state index contributed by atoms with van der Waals surface area (Å²) in [5.41, 5.74) is 6.38. The van der Waals surface area contributed by atoms with Gasteiger partial charge in [0, 0.05) is 0 Å². The van der Waals surface area contributed by atoms with Crippen molar-refractivity contribution in [3.63, 3.8) is 0 Å². The predicted octanol–water partition coefficient (Wildman–Crippen LogP) is 3.26. The van der Waals surface area contributed by atoms with E-state index in [1.54, 1.807) is 13.3 Å². The van der Waals surface area contributed by atoms with E-state index >= 15 is 0 Å². The zero-order chi connectivity index (χ0) is 15.1. The van der Waals surface area contributed by atoms with Crippen molar-refractivity contribution >= 4 is 39.1 Å². The number of hydrogen-bond acceptors (Lipinski definition) is 5. The molecule has 0 bridgehead atoms. The summed E-state index contributed by atoms with van der Waals surface area (Å²) >= 11 is 4.81. The lowest BCUT2D eigenvalue weighted by Gasteiger charge is -2.15. The lowest BCUT2D eigenvalue weighted by Crippen LogP contribution is -2.07. The monoisotopic (exact) mass is 359 g/mol. The van der Waals surface area contributed by atoms with Gasteiger partial charge in [-0.25, -0.2) is 0 Å². The molecule has 0 radical (unpaired) electrons. The smallest absolute Gasteiger partial charge is 0.180 e. The first-order valence-corrected chi connectivity index (χ1v) is 7.94. The van der Waals surface area contributed by atoms with Crippen LogP contribution >= 0.6 is 27.7 Å². The van der Waals surface area contributed by atoms with Gasteiger partial charge in [-0.3, -0.25) is 0 Å². The predicted molar refractivity (Wildman–Crippen MR) is 89.2 cm³/mol. The van der Waals surface area contributed by atoms with E-state index in [0.717, 1.165) is 10.0 Å². The number of benzene rings is 1. The molecule has 0 atom stereocenters. The van der Waals surface area contributed by atoms with Crippen LogP contribution in [0.5, 0.6) is 11.5 Å². The van der Waals surface area contributed by atoms with Gasteiger partial charge in [-0.1, -0.05) is 11.8 Å². The van der Waals surface area contributed by atoms with Gasteiger partial charge in [-0.2, -0.15) is 5.10 Å². The summed E-state index contributed by atoms with van der Waals surface area (Å²) in [6.45, 7) is 3.92. The van der Waals surface area contributed by atoms with Crippen molar-refractivity contribution in [2.24, 2.45) is 15.9 Å². The maximum atomic E-state index is 5.71. The fourth-order valence-corrected chi connectivity index (χ4v) is 2.04. The third-order valence-corrected chi connectivity index (χ3v) is 3.27. The average Bonchev–Trinajstić information content (AvgIpc) is 2.40. The summed E-state index contributed by atoms with van der Waals surface area (Å²) in [6, 6.07) is 3.71. The summed E-state index contributed by atoms with van der Waals surface area (Å²) < 4.78 is 11.8. The lowest BCUT2D eigenvalue weighted by atomic mass is 10.2. The number of ether oxygens (including phenoxy) is 2. The van der Waals surface area contributed by atoms with Gasteiger partial charge in [0.15, 0.2) is 16.7 Å². The number of halogens is 1. The minimum absolute atomic E-state index is 0.0608. The Morgan fingerprint density at radius 1 is 1.45 bits per heavy atom. The van der Waals surface area contributed by atoms with Crippen LogP contribution < -0.4 is 15.2 Å². The van der Waals surface area contributed by atoms with Crippen molar-refractivity contribution in [3.05, 3.63) is 22.2 Å². The molecule has 5 nitrogen and oxygen atoms in total. The molecule has 0 aliphatic carbocycles. The van der Waals surface area contributed by atoms with Gasteiger partial charge in [0.1, 0.15) is 0 Å². The van der Waals surface area contributed by atoms with E-state index in [2.05, 4.69) is 26.1 Å². The molecule has 0 fully saturated rings. The Labute approximate surface area is 131 Å². The van der Waals surface area contributed by atoms with Crippen LogP contribution in [0.1, 0.15) is 19.4 Å². The van der Waals surface area contributed by atoms with Gasteiger partial charge >= 0.3 is 0 Å². The quantitative estimate of drug-likeness (QED) is 0.497. The van der Waals surface area contributed by atoms with Gasteiger partial charge in [0.2, 0.25) is 0 Å². The van der Waals surface area contributed by atoms with Gasteiger partial charge in [-0.05, 0) is 53.7 Å². The Bertz CT molecular complexity index is 519. The standard InChI is InChI=1S/C13H18BrN3O2S/c1-8(2)19-12-10(14)5-9(6-11(12)18-3)7-16-17-13(15)20-4/h5-8H,1-4H3,(H2,15,17)/b16-7-. The second kappa shape index (κ2) is 8.16. The highest BCUT2D eigenvalue weighted by Crippen LogP contribution is 2.36. The molecule has 1 aromatic rings. The Hall–Kier alpha value is -1.21. The fourth-order valence-electron chi connectivity index (χ4n) is 1.36. The van der Waals surface area contributed by atoms with E-state index in [9.17, 15) is 0 Å². The third kappa shape index (κ3) is 5.05. The molecule has 0 unspecified atom stereocenters. The summed E-state index contributed by atoms with van der Waals surface area (Å²) in [6.07, 6.45) is 3.51. The minimum Gasteiger partial charge on any atom is -0.493 e.